The number of hydrogen-bond donors (Lipinski definition) is 0. The number of halogens is 1. The van der Waals surface area contributed by atoms with E-state index in [-0.39, 0.29) is 5.97 Å². The van der Waals surface area contributed by atoms with Crippen molar-refractivity contribution in [1.29, 1.82) is 0 Å². The van der Waals surface area contributed by atoms with Crippen LogP contribution in [-0.4, -0.2) is 36.6 Å². The molecule has 7 heteroatoms. The molecule has 1 heterocycles. The van der Waals surface area contributed by atoms with Gasteiger partial charge in [0.1, 0.15) is 0 Å². The highest BCUT2D eigenvalue weighted by Crippen LogP contribution is 2.31. The van der Waals surface area contributed by atoms with Crippen LogP contribution >= 0.6 is 22.6 Å². The lowest BCUT2D eigenvalue weighted by atomic mass is 10.2. The summed E-state index contributed by atoms with van der Waals surface area (Å²) in [6.45, 7) is 1.05. The molecule has 22 heavy (non-hydrogen) atoms. The molecule has 0 amide bonds. The Kier molecular flexibility index (Phi) is 6.05. The average Bonchev–Trinajstić information content (AvgIpc) is 3.04. The fourth-order valence-corrected chi connectivity index (χ4v) is 2.57. The molecule has 2 aromatic rings. The Bertz CT molecular complexity index is 629. The number of nitrogens with zero attached hydrogens (tertiary/aromatic N) is 2. The fraction of sp³-hybridized carbons (Fsp3) is 0.333. The summed E-state index contributed by atoms with van der Waals surface area (Å²) in [5, 5.41) is 4.09. The van der Waals surface area contributed by atoms with Crippen LogP contribution in [0.2, 0.25) is 0 Å². The van der Waals surface area contributed by atoms with Gasteiger partial charge in [0.15, 0.2) is 11.5 Å². The molecular formula is C15H17IN2O4. The van der Waals surface area contributed by atoms with Crippen LogP contribution in [0.3, 0.4) is 0 Å². The first-order valence-electron chi connectivity index (χ1n) is 6.71. The summed E-state index contributed by atoms with van der Waals surface area (Å²) in [5.74, 6) is 0.722. The largest absolute Gasteiger partial charge is 0.493 e. The molecule has 6 nitrogen and oxygen atoms in total. The second-order valence-electron chi connectivity index (χ2n) is 4.45. The van der Waals surface area contributed by atoms with Crippen LogP contribution in [0.1, 0.15) is 16.8 Å². The van der Waals surface area contributed by atoms with Crippen molar-refractivity contribution < 1.29 is 19.0 Å². The number of rotatable bonds is 7. The standard InChI is InChI=1S/C15H17IN2O4/c1-20-13-9-11(12(16)10-14(13)21-2)15(19)22-8-4-7-18-6-3-5-17-18/h3,5-6,9-10H,4,7-8H2,1-2H3. The summed E-state index contributed by atoms with van der Waals surface area (Å²) in [6.07, 6.45) is 4.30. The number of ether oxygens (including phenoxy) is 3. The zero-order valence-electron chi connectivity index (χ0n) is 12.4. The molecular weight excluding hydrogens is 399 g/mol. The smallest absolute Gasteiger partial charge is 0.339 e. The summed E-state index contributed by atoms with van der Waals surface area (Å²) >= 11 is 2.08. The van der Waals surface area contributed by atoms with E-state index in [2.05, 4.69) is 27.7 Å². The first kappa shape index (κ1) is 16.6. The quantitative estimate of drug-likeness (QED) is 0.395. The van der Waals surface area contributed by atoms with Crippen molar-refractivity contribution in [3.63, 3.8) is 0 Å². The maximum atomic E-state index is 12.1. The Morgan fingerprint density at radius 2 is 2.00 bits per heavy atom. The molecule has 0 unspecified atom stereocenters. The molecule has 0 saturated carbocycles. The van der Waals surface area contributed by atoms with Gasteiger partial charge in [0.2, 0.25) is 0 Å². The van der Waals surface area contributed by atoms with E-state index >= 15 is 0 Å². The van der Waals surface area contributed by atoms with E-state index < -0.39 is 0 Å². The number of benzene rings is 1. The molecule has 0 N–H and O–H groups in total. The van der Waals surface area contributed by atoms with Crippen molar-refractivity contribution in [3.05, 3.63) is 39.7 Å². The Balaban J connectivity index is 1.94. The molecule has 0 aliphatic rings. The number of aryl methyl sites for hydroxylation is 1. The van der Waals surface area contributed by atoms with Crippen LogP contribution in [0.15, 0.2) is 30.6 Å². The maximum Gasteiger partial charge on any atom is 0.339 e. The average molecular weight is 416 g/mol. The number of methoxy groups -OCH3 is 2. The number of esters is 1. The first-order valence-corrected chi connectivity index (χ1v) is 7.79. The molecule has 1 aromatic carbocycles. The van der Waals surface area contributed by atoms with E-state index in [4.69, 9.17) is 14.2 Å². The van der Waals surface area contributed by atoms with E-state index in [1.54, 1.807) is 30.1 Å². The maximum absolute atomic E-state index is 12.1. The van der Waals surface area contributed by atoms with Crippen molar-refractivity contribution in [2.45, 2.75) is 13.0 Å². The van der Waals surface area contributed by atoms with Crippen LogP contribution in [0.25, 0.3) is 0 Å². The first-order chi connectivity index (χ1) is 10.7. The van der Waals surface area contributed by atoms with E-state index in [1.807, 2.05) is 12.3 Å². The molecule has 0 saturated heterocycles. The summed E-state index contributed by atoms with van der Waals surface area (Å²) in [5.41, 5.74) is 0.470. The molecule has 118 valence electrons. The number of carbonyl (C=O) groups is 1. The monoisotopic (exact) mass is 416 g/mol. The highest BCUT2D eigenvalue weighted by atomic mass is 127. The summed E-state index contributed by atoms with van der Waals surface area (Å²) in [7, 11) is 3.09. The topological polar surface area (TPSA) is 62.6 Å². The van der Waals surface area contributed by atoms with Crippen LogP contribution < -0.4 is 9.47 Å². The van der Waals surface area contributed by atoms with Gasteiger partial charge in [-0.2, -0.15) is 5.10 Å². The normalized spacial score (nSPS) is 10.3. The molecule has 0 radical (unpaired) electrons. The molecule has 0 bridgehead atoms. The lowest BCUT2D eigenvalue weighted by Crippen LogP contribution is -2.11. The van der Waals surface area contributed by atoms with Gasteiger partial charge >= 0.3 is 5.97 Å². The third-order valence-corrected chi connectivity index (χ3v) is 3.91. The Labute approximate surface area is 142 Å². The zero-order valence-corrected chi connectivity index (χ0v) is 14.6. The Morgan fingerprint density at radius 1 is 1.27 bits per heavy atom. The second-order valence-corrected chi connectivity index (χ2v) is 5.61. The van der Waals surface area contributed by atoms with Crippen LogP contribution in [-0.2, 0) is 11.3 Å². The van der Waals surface area contributed by atoms with E-state index in [0.29, 0.717) is 36.6 Å². The second kappa shape index (κ2) is 8.02. The van der Waals surface area contributed by atoms with Crippen LogP contribution in [0.5, 0.6) is 11.5 Å². The van der Waals surface area contributed by atoms with Crippen molar-refractivity contribution in [3.8, 4) is 11.5 Å². The minimum Gasteiger partial charge on any atom is -0.493 e. The van der Waals surface area contributed by atoms with Gasteiger partial charge in [-0.15, -0.1) is 0 Å². The van der Waals surface area contributed by atoms with Gasteiger partial charge in [-0.3, -0.25) is 4.68 Å². The van der Waals surface area contributed by atoms with Crippen molar-refractivity contribution in [2.75, 3.05) is 20.8 Å². The molecule has 0 fully saturated rings. The highest BCUT2D eigenvalue weighted by molar-refractivity contribution is 14.1. The van der Waals surface area contributed by atoms with Gasteiger partial charge in [0.05, 0.1) is 26.4 Å². The lowest BCUT2D eigenvalue weighted by molar-refractivity contribution is 0.0493. The molecule has 0 aliphatic carbocycles. The summed E-state index contributed by atoms with van der Waals surface area (Å²) in [6, 6.07) is 5.24. The SMILES string of the molecule is COc1cc(I)c(C(=O)OCCCn2cccn2)cc1OC. The predicted octanol–water partition coefficient (Wildman–Crippen LogP) is 2.75. The highest BCUT2D eigenvalue weighted by Gasteiger charge is 2.16. The third-order valence-electron chi connectivity index (χ3n) is 3.02. The van der Waals surface area contributed by atoms with Gasteiger partial charge in [0.25, 0.3) is 0 Å². The summed E-state index contributed by atoms with van der Waals surface area (Å²) in [4.78, 5) is 12.1. The molecule has 1 aromatic heterocycles. The summed E-state index contributed by atoms with van der Waals surface area (Å²) < 4.78 is 18.3. The Hall–Kier alpha value is -1.77. The predicted molar refractivity (Wildman–Crippen MR) is 89.4 cm³/mol. The van der Waals surface area contributed by atoms with Crippen molar-refractivity contribution in [1.82, 2.24) is 9.78 Å². The molecule has 0 atom stereocenters. The van der Waals surface area contributed by atoms with Gasteiger partial charge < -0.3 is 14.2 Å². The van der Waals surface area contributed by atoms with Crippen molar-refractivity contribution in [2.24, 2.45) is 0 Å². The van der Waals surface area contributed by atoms with E-state index in [1.165, 1.54) is 7.11 Å². The van der Waals surface area contributed by atoms with Crippen molar-refractivity contribution >= 4 is 28.6 Å². The fourth-order valence-electron chi connectivity index (χ4n) is 1.91. The van der Waals surface area contributed by atoms with E-state index in [9.17, 15) is 4.79 Å². The Morgan fingerprint density at radius 3 is 2.64 bits per heavy atom. The van der Waals surface area contributed by atoms with Gasteiger partial charge in [-0.05, 0) is 40.8 Å². The number of aromatic nitrogens is 2. The van der Waals surface area contributed by atoms with Crippen LogP contribution in [0, 0.1) is 3.57 Å². The van der Waals surface area contributed by atoms with E-state index in [0.717, 1.165) is 3.57 Å². The molecule has 2 rings (SSSR count). The van der Waals surface area contributed by atoms with Gasteiger partial charge in [0, 0.05) is 28.9 Å². The van der Waals surface area contributed by atoms with Gasteiger partial charge in [-0.1, -0.05) is 0 Å². The number of hydrogen-bond acceptors (Lipinski definition) is 5. The zero-order chi connectivity index (χ0) is 15.9. The molecule has 0 aliphatic heterocycles. The lowest BCUT2D eigenvalue weighted by Gasteiger charge is -2.11. The minimum atomic E-state index is -0.370. The van der Waals surface area contributed by atoms with Gasteiger partial charge in [-0.25, -0.2) is 4.79 Å². The number of carbonyl (C=O) groups excluding carboxylic acids is 1. The molecule has 0 spiro atoms. The third kappa shape index (κ3) is 4.12. The minimum absolute atomic E-state index is 0.336. The van der Waals surface area contributed by atoms with Crippen LogP contribution in [0.4, 0.5) is 0 Å².